The van der Waals surface area contributed by atoms with Gasteiger partial charge in [0.2, 0.25) is 5.91 Å². The molecule has 4 aromatic carbocycles. The number of likely N-dealkylation sites (tertiary alicyclic amines) is 2. The number of aromatic amines is 2. The number of benzene rings is 4. The van der Waals surface area contributed by atoms with E-state index in [0.717, 1.165) is 57.3 Å². The Kier molecular flexibility index (Phi) is 12.1. The molecule has 4 heterocycles. The fourth-order valence-corrected chi connectivity index (χ4v) is 8.53. The predicted octanol–water partition coefficient (Wildman–Crippen LogP) is 7.06. The molecule has 0 spiro atoms. The minimum Gasteiger partial charge on any atom is -0.453 e. The Morgan fingerprint density at radius 2 is 1.29 bits per heavy atom. The van der Waals surface area contributed by atoms with E-state index in [9.17, 15) is 24.3 Å². The molecule has 2 aliphatic heterocycles. The number of aromatic nitrogens is 4. The van der Waals surface area contributed by atoms with Crippen LogP contribution >= 0.6 is 0 Å². The van der Waals surface area contributed by atoms with Gasteiger partial charge >= 0.3 is 12.2 Å². The molecule has 8 rings (SSSR count). The molecule has 6 aromatic rings. The van der Waals surface area contributed by atoms with Gasteiger partial charge < -0.3 is 45.0 Å². The number of imidazole rings is 2. The second-order valence-corrected chi connectivity index (χ2v) is 16.1. The van der Waals surface area contributed by atoms with Crippen LogP contribution in [0.1, 0.15) is 68.4 Å². The van der Waals surface area contributed by atoms with E-state index in [1.807, 2.05) is 38.2 Å². The standard InChI is InChI=1S/C47H50N8O7/c1-27(2)40(52-46(59)61-3)44(57)54-20-8-11-38(54)42-48-25-37(51-42)34-19-18-32-21-31(16-17-33(32)22-34)28-12-14-29(15-13-28)36-24-49-43(50-36)39-23-35(56)26-55(39)45(58)41(53-47(60)62-4)30-9-6-5-7-10-30/h5-7,9-10,12-19,21-22,24-25,27,35,38-41,56H,8,11,20,23,26H2,1-4H3,(H,48,51)(H,49,50)(H,52,59)(H,53,60)/t35?,38-,39-,40-,41+/m0/s1. The van der Waals surface area contributed by atoms with E-state index in [0.29, 0.717) is 30.2 Å². The quantitative estimate of drug-likeness (QED) is 0.0908. The molecule has 2 aliphatic rings. The van der Waals surface area contributed by atoms with Crippen LogP contribution in [-0.4, -0.2) is 98.3 Å². The zero-order valence-corrected chi connectivity index (χ0v) is 35.0. The Bertz CT molecular complexity index is 2570. The number of H-pyrrole nitrogens is 2. The molecule has 4 amide bonds. The summed E-state index contributed by atoms with van der Waals surface area (Å²) >= 11 is 0. The van der Waals surface area contributed by atoms with Gasteiger partial charge in [-0.15, -0.1) is 0 Å². The van der Waals surface area contributed by atoms with Crippen LogP contribution in [0.3, 0.4) is 0 Å². The number of nitrogens with one attached hydrogen (secondary N) is 4. The largest absolute Gasteiger partial charge is 0.453 e. The Morgan fingerprint density at radius 1 is 0.710 bits per heavy atom. The van der Waals surface area contributed by atoms with Gasteiger partial charge in [-0.05, 0) is 63.9 Å². The molecule has 5 atom stereocenters. The van der Waals surface area contributed by atoms with Crippen molar-refractivity contribution in [1.29, 1.82) is 0 Å². The minimum atomic E-state index is -1.00. The number of β-amino-alcohol motifs (C(OH)–C–C–N with tert-alkyl or cyclic N) is 1. The van der Waals surface area contributed by atoms with E-state index in [1.54, 1.807) is 40.3 Å². The van der Waals surface area contributed by atoms with E-state index < -0.39 is 36.4 Å². The lowest BCUT2D eigenvalue weighted by Gasteiger charge is -2.30. The summed E-state index contributed by atoms with van der Waals surface area (Å²) in [7, 11) is 2.53. The highest BCUT2D eigenvalue weighted by Crippen LogP contribution is 2.36. The Morgan fingerprint density at radius 3 is 1.95 bits per heavy atom. The molecule has 0 saturated carbocycles. The molecule has 2 fully saturated rings. The number of alkyl carbamates (subject to hydrolysis) is 2. The van der Waals surface area contributed by atoms with Gasteiger partial charge in [0.15, 0.2) is 0 Å². The van der Waals surface area contributed by atoms with Crippen molar-refractivity contribution in [2.24, 2.45) is 5.92 Å². The number of fused-ring (bicyclic) bond motifs is 1. The molecule has 15 nitrogen and oxygen atoms in total. The third kappa shape index (κ3) is 8.61. The third-order valence-electron chi connectivity index (χ3n) is 11.8. The van der Waals surface area contributed by atoms with Crippen molar-refractivity contribution >= 4 is 34.8 Å². The minimum absolute atomic E-state index is 0.0964. The van der Waals surface area contributed by atoms with Gasteiger partial charge in [0, 0.05) is 25.1 Å². The lowest BCUT2D eigenvalue weighted by atomic mass is 9.98. The van der Waals surface area contributed by atoms with Crippen LogP contribution in [0.15, 0.2) is 103 Å². The molecule has 320 valence electrons. The number of methoxy groups -OCH3 is 2. The number of nitrogens with zero attached hydrogens (tertiary/aromatic N) is 4. The van der Waals surface area contributed by atoms with Crippen LogP contribution in [0.25, 0.3) is 44.4 Å². The number of aliphatic hydroxyl groups is 1. The normalized spacial score (nSPS) is 18.5. The summed E-state index contributed by atoms with van der Waals surface area (Å²) in [5.74, 6) is 0.621. The van der Waals surface area contributed by atoms with Crippen molar-refractivity contribution in [1.82, 2.24) is 40.4 Å². The fourth-order valence-electron chi connectivity index (χ4n) is 8.53. The molecule has 62 heavy (non-hydrogen) atoms. The zero-order valence-electron chi connectivity index (χ0n) is 35.0. The highest BCUT2D eigenvalue weighted by Gasteiger charge is 2.41. The Hall–Kier alpha value is -7.00. The van der Waals surface area contributed by atoms with Crippen molar-refractivity contribution < 1.29 is 33.8 Å². The molecular formula is C47H50N8O7. The van der Waals surface area contributed by atoms with Crippen LogP contribution in [0.5, 0.6) is 0 Å². The maximum absolute atomic E-state index is 14.0. The lowest BCUT2D eigenvalue weighted by Crippen LogP contribution is -2.51. The van der Waals surface area contributed by atoms with Crippen molar-refractivity contribution in [3.05, 3.63) is 121 Å². The molecule has 2 aromatic heterocycles. The van der Waals surface area contributed by atoms with Crippen LogP contribution < -0.4 is 10.6 Å². The maximum Gasteiger partial charge on any atom is 0.407 e. The van der Waals surface area contributed by atoms with Crippen molar-refractivity contribution in [3.8, 4) is 33.6 Å². The first-order chi connectivity index (χ1) is 30.0. The van der Waals surface area contributed by atoms with Gasteiger partial charge in [0.1, 0.15) is 23.7 Å². The first-order valence-corrected chi connectivity index (χ1v) is 20.8. The lowest BCUT2D eigenvalue weighted by molar-refractivity contribution is -0.136. The van der Waals surface area contributed by atoms with Gasteiger partial charge in [0.25, 0.3) is 5.91 Å². The number of amides is 4. The van der Waals surface area contributed by atoms with Gasteiger partial charge in [0.05, 0.1) is 56.2 Å². The van der Waals surface area contributed by atoms with Gasteiger partial charge in [-0.2, -0.15) is 0 Å². The molecule has 0 bridgehead atoms. The molecule has 15 heteroatoms. The van der Waals surface area contributed by atoms with Gasteiger partial charge in [-0.25, -0.2) is 19.6 Å². The fraction of sp³-hybridized carbons (Fsp3) is 0.319. The first-order valence-electron chi connectivity index (χ1n) is 20.8. The summed E-state index contributed by atoms with van der Waals surface area (Å²) < 4.78 is 9.57. The van der Waals surface area contributed by atoms with Crippen LogP contribution in [0.4, 0.5) is 9.59 Å². The van der Waals surface area contributed by atoms with Crippen molar-refractivity contribution in [2.75, 3.05) is 27.3 Å². The van der Waals surface area contributed by atoms with E-state index in [1.165, 1.54) is 14.2 Å². The van der Waals surface area contributed by atoms with Crippen LogP contribution in [-0.2, 0) is 19.1 Å². The SMILES string of the molecule is COC(=O)N[C@H](C(=O)N1CCC[C@H]1c1ncc(-c2ccc3cc(-c4ccc(-c5cnc([C@@H]6CC(O)CN6C(=O)[C@H](NC(=O)OC)c6ccccc6)[nH]5)cc4)ccc3c2)[nH]1)C(C)C. The van der Waals surface area contributed by atoms with Crippen molar-refractivity contribution in [3.63, 3.8) is 0 Å². The van der Waals surface area contributed by atoms with Gasteiger partial charge in [-0.1, -0.05) is 92.7 Å². The number of ether oxygens (including phenoxy) is 2. The molecule has 1 unspecified atom stereocenters. The summed E-state index contributed by atoms with van der Waals surface area (Å²) in [6.45, 7) is 4.48. The summed E-state index contributed by atoms with van der Waals surface area (Å²) in [5, 5.41) is 18.2. The number of aliphatic hydroxyl groups excluding tert-OH is 1. The Balaban J connectivity index is 0.950. The maximum atomic E-state index is 14.0. The highest BCUT2D eigenvalue weighted by molar-refractivity contribution is 5.91. The number of hydrogen-bond donors (Lipinski definition) is 5. The number of carbonyl (C=O) groups is 4. The Labute approximate surface area is 358 Å². The first kappa shape index (κ1) is 41.7. The summed E-state index contributed by atoms with van der Waals surface area (Å²) in [5.41, 5.74) is 6.19. The van der Waals surface area contributed by atoms with E-state index >= 15 is 0 Å². The summed E-state index contributed by atoms with van der Waals surface area (Å²) in [6.07, 6.45) is 3.32. The second-order valence-electron chi connectivity index (χ2n) is 16.1. The average molecular weight is 839 g/mol. The molecule has 0 aliphatic carbocycles. The molecule has 0 radical (unpaired) electrons. The molecule has 5 N–H and O–H groups in total. The van der Waals surface area contributed by atoms with E-state index in [4.69, 9.17) is 14.5 Å². The van der Waals surface area contributed by atoms with E-state index in [-0.39, 0.29) is 30.3 Å². The van der Waals surface area contributed by atoms with Crippen LogP contribution in [0.2, 0.25) is 0 Å². The topological polar surface area (TPSA) is 195 Å². The average Bonchev–Trinajstić information content (AvgIpc) is 4.14. The summed E-state index contributed by atoms with van der Waals surface area (Å²) in [4.78, 5) is 71.3. The smallest absolute Gasteiger partial charge is 0.407 e. The number of rotatable bonds is 11. The second kappa shape index (κ2) is 17.9. The van der Waals surface area contributed by atoms with Gasteiger partial charge in [-0.3, -0.25) is 9.59 Å². The summed E-state index contributed by atoms with van der Waals surface area (Å²) in [6, 6.07) is 27.3. The zero-order chi connectivity index (χ0) is 43.5. The van der Waals surface area contributed by atoms with Crippen molar-refractivity contribution in [2.45, 2.75) is 63.4 Å². The predicted molar refractivity (Wildman–Crippen MR) is 232 cm³/mol. The third-order valence-corrected chi connectivity index (χ3v) is 11.8. The number of carbonyl (C=O) groups excluding carboxylic acids is 4. The molecule has 2 saturated heterocycles. The number of hydrogen-bond acceptors (Lipinski definition) is 9. The van der Waals surface area contributed by atoms with Crippen LogP contribution in [0, 0.1) is 5.92 Å². The molecular weight excluding hydrogens is 789 g/mol. The highest BCUT2D eigenvalue weighted by atomic mass is 16.5. The van der Waals surface area contributed by atoms with E-state index in [2.05, 4.69) is 74.1 Å². The monoisotopic (exact) mass is 838 g/mol.